The van der Waals surface area contributed by atoms with Crippen molar-refractivity contribution < 1.29 is 0 Å². The lowest BCUT2D eigenvalue weighted by Crippen LogP contribution is -2.36. The van der Waals surface area contributed by atoms with Crippen LogP contribution in [0, 0.1) is 5.92 Å². The summed E-state index contributed by atoms with van der Waals surface area (Å²) in [5.41, 5.74) is 6.50. The Morgan fingerprint density at radius 3 is 2.90 bits per heavy atom. The van der Waals surface area contributed by atoms with Crippen molar-refractivity contribution in [2.75, 3.05) is 24.5 Å². The SMILES string of the molecule is NCC1CCN(c2n[nH]c(-c3ncccc3Br)n2)CC1. The standard InChI is InChI=1S/C13H17BrN6/c14-10-2-1-5-16-11(10)12-17-13(19-18-12)20-6-3-9(8-15)4-7-20/h1-2,5,9H,3-4,6-8,15H2,(H,17,18,19). The molecule has 3 rings (SSSR count). The average Bonchev–Trinajstić information content (AvgIpc) is 2.97. The second-order valence-electron chi connectivity index (χ2n) is 4.98. The summed E-state index contributed by atoms with van der Waals surface area (Å²) in [6.07, 6.45) is 3.95. The molecule has 1 fully saturated rings. The van der Waals surface area contributed by atoms with Crippen LogP contribution in [0.25, 0.3) is 11.5 Å². The highest BCUT2D eigenvalue weighted by molar-refractivity contribution is 9.10. The Balaban J connectivity index is 1.76. The van der Waals surface area contributed by atoms with E-state index in [0.29, 0.717) is 11.7 Å². The molecule has 7 heteroatoms. The molecule has 0 bridgehead atoms. The Morgan fingerprint density at radius 2 is 2.20 bits per heavy atom. The quantitative estimate of drug-likeness (QED) is 0.892. The smallest absolute Gasteiger partial charge is 0.245 e. The van der Waals surface area contributed by atoms with Crippen molar-refractivity contribution in [3.05, 3.63) is 22.8 Å². The van der Waals surface area contributed by atoms with E-state index in [2.05, 4.69) is 41.0 Å². The Bertz CT molecular complexity index is 576. The first kappa shape index (κ1) is 13.5. The Labute approximate surface area is 125 Å². The van der Waals surface area contributed by atoms with Crippen molar-refractivity contribution in [3.8, 4) is 11.5 Å². The van der Waals surface area contributed by atoms with E-state index in [1.165, 1.54) is 0 Å². The number of pyridine rings is 1. The molecule has 0 amide bonds. The van der Waals surface area contributed by atoms with Crippen LogP contribution in [0.2, 0.25) is 0 Å². The number of aromatic nitrogens is 4. The summed E-state index contributed by atoms with van der Waals surface area (Å²) in [6, 6.07) is 3.82. The maximum Gasteiger partial charge on any atom is 0.245 e. The van der Waals surface area contributed by atoms with Crippen LogP contribution in [-0.2, 0) is 0 Å². The highest BCUT2D eigenvalue weighted by Gasteiger charge is 2.21. The topological polar surface area (TPSA) is 83.7 Å². The monoisotopic (exact) mass is 336 g/mol. The third-order valence-electron chi connectivity index (χ3n) is 3.69. The average molecular weight is 337 g/mol. The van der Waals surface area contributed by atoms with Gasteiger partial charge >= 0.3 is 0 Å². The van der Waals surface area contributed by atoms with E-state index in [4.69, 9.17) is 5.73 Å². The Kier molecular flexibility index (Phi) is 3.98. The molecular weight excluding hydrogens is 320 g/mol. The van der Waals surface area contributed by atoms with Crippen molar-refractivity contribution >= 4 is 21.9 Å². The second kappa shape index (κ2) is 5.88. The van der Waals surface area contributed by atoms with Gasteiger partial charge in [0.2, 0.25) is 5.95 Å². The molecule has 6 nitrogen and oxygen atoms in total. The molecule has 2 aromatic heterocycles. The molecule has 1 aliphatic heterocycles. The minimum absolute atomic E-state index is 0.634. The van der Waals surface area contributed by atoms with Crippen molar-refractivity contribution in [1.82, 2.24) is 20.2 Å². The summed E-state index contributed by atoms with van der Waals surface area (Å²) in [5.74, 6) is 2.07. The van der Waals surface area contributed by atoms with Gasteiger partial charge in [-0.15, -0.1) is 5.10 Å². The van der Waals surface area contributed by atoms with Crippen LogP contribution in [0.5, 0.6) is 0 Å². The van der Waals surface area contributed by atoms with Gasteiger partial charge in [0.15, 0.2) is 5.82 Å². The Morgan fingerprint density at radius 1 is 1.40 bits per heavy atom. The number of halogens is 1. The van der Waals surface area contributed by atoms with Gasteiger partial charge in [0.05, 0.1) is 0 Å². The van der Waals surface area contributed by atoms with E-state index in [0.717, 1.165) is 48.6 Å². The van der Waals surface area contributed by atoms with E-state index in [9.17, 15) is 0 Å². The predicted octanol–water partition coefficient (Wildman–Crippen LogP) is 1.80. The van der Waals surface area contributed by atoms with Crippen molar-refractivity contribution in [2.24, 2.45) is 11.7 Å². The molecule has 0 saturated carbocycles. The minimum atomic E-state index is 0.634. The number of nitrogens with one attached hydrogen (secondary N) is 1. The minimum Gasteiger partial charge on any atom is -0.340 e. The number of nitrogens with zero attached hydrogens (tertiary/aromatic N) is 4. The van der Waals surface area contributed by atoms with E-state index in [-0.39, 0.29) is 0 Å². The first-order chi connectivity index (χ1) is 9.78. The third kappa shape index (κ3) is 2.69. The number of piperidine rings is 1. The molecule has 0 spiro atoms. The van der Waals surface area contributed by atoms with Gasteiger partial charge < -0.3 is 10.6 Å². The highest BCUT2D eigenvalue weighted by Crippen LogP contribution is 2.25. The molecule has 0 aromatic carbocycles. The lowest BCUT2D eigenvalue weighted by atomic mass is 9.97. The number of hydrogen-bond donors (Lipinski definition) is 2. The number of aromatic amines is 1. The molecule has 106 valence electrons. The summed E-state index contributed by atoms with van der Waals surface area (Å²) in [6.45, 7) is 2.69. The zero-order valence-electron chi connectivity index (χ0n) is 11.1. The molecule has 3 N–H and O–H groups in total. The first-order valence-electron chi connectivity index (χ1n) is 6.76. The maximum absolute atomic E-state index is 5.71. The van der Waals surface area contributed by atoms with Crippen LogP contribution in [0.1, 0.15) is 12.8 Å². The normalized spacial score (nSPS) is 16.6. The second-order valence-corrected chi connectivity index (χ2v) is 5.84. The van der Waals surface area contributed by atoms with Gasteiger partial charge in [-0.1, -0.05) is 0 Å². The van der Waals surface area contributed by atoms with E-state index < -0.39 is 0 Å². The summed E-state index contributed by atoms with van der Waals surface area (Å²) in [7, 11) is 0. The number of H-pyrrole nitrogens is 1. The summed E-state index contributed by atoms with van der Waals surface area (Å²) < 4.78 is 0.907. The zero-order valence-corrected chi connectivity index (χ0v) is 12.7. The fraction of sp³-hybridized carbons (Fsp3) is 0.462. The van der Waals surface area contributed by atoms with E-state index >= 15 is 0 Å². The number of rotatable bonds is 3. The summed E-state index contributed by atoms with van der Waals surface area (Å²) >= 11 is 3.48. The summed E-state index contributed by atoms with van der Waals surface area (Å²) in [5, 5.41) is 7.27. The van der Waals surface area contributed by atoms with Crippen LogP contribution < -0.4 is 10.6 Å². The van der Waals surface area contributed by atoms with Crippen molar-refractivity contribution in [2.45, 2.75) is 12.8 Å². The van der Waals surface area contributed by atoms with Crippen LogP contribution >= 0.6 is 15.9 Å². The van der Waals surface area contributed by atoms with Gasteiger partial charge in [-0.3, -0.25) is 10.1 Å². The van der Waals surface area contributed by atoms with Gasteiger partial charge in [-0.05, 0) is 53.4 Å². The molecule has 3 heterocycles. The van der Waals surface area contributed by atoms with Crippen LogP contribution in [0.4, 0.5) is 5.95 Å². The molecule has 0 unspecified atom stereocenters. The molecule has 0 aliphatic carbocycles. The third-order valence-corrected chi connectivity index (χ3v) is 4.33. The van der Waals surface area contributed by atoms with Crippen LogP contribution in [-0.4, -0.2) is 39.8 Å². The Hall–Kier alpha value is -1.47. The summed E-state index contributed by atoms with van der Waals surface area (Å²) in [4.78, 5) is 11.1. The highest BCUT2D eigenvalue weighted by atomic mass is 79.9. The van der Waals surface area contributed by atoms with Crippen molar-refractivity contribution in [1.29, 1.82) is 0 Å². The molecular formula is C13H17BrN6. The largest absolute Gasteiger partial charge is 0.340 e. The molecule has 2 aromatic rings. The van der Waals surface area contributed by atoms with Gasteiger partial charge in [0, 0.05) is 23.8 Å². The van der Waals surface area contributed by atoms with Gasteiger partial charge in [0.1, 0.15) is 5.69 Å². The molecule has 1 saturated heterocycles. The van der Waals surface area contributed by atoms with Gasteiger partial charge in [-0.2, -0.15) is 4.98 Å². The maximum atomic E-state index is 5.71. The van der Waals surface area contributed by atoms with Crippen LogP contribution in [0.3, 0.4) is 0 Å². The molecule has 20 heavy (non-hydrogen) atoms. The molecule has 0 atom stereocenters. The lowest BCUT2D eigenvalue weighted by Gasteiger charge is -2.30. The predicted molar refractivity (Wildman–Crippen MR) is 81.3 cm³/mol. The fourth-order valence-corrected chi connectivity index (χ4v) is 2.87. The zero-order chi connectivity index (χ0) is 13.9. The fourth-order valence-electron chi connectivity index (χ4n) is 2.43. The molecule has 0 radical (unpaired) electrons. The number of hydrogen-bond acceptors (Lipinski definition) is 5. The first-order valence-corrected chi connectivity index (χ1v) is 7.55. The van der Waals surface area contributed by atoms with Crippen molar-refractivity contribution in [3.63, 3.8) is 0 Å². The van der Waals surface area contributed by atoms with Crippen LogP contribution in [0.15, 0.2) is 22.8 Å². The van der Waals surface area contributed by atoms with Gasteiger partial charge in [0.25, 0.3) is 0 Å². The molecule has 1 aliphatic rings. The van der Waals surface area contributed by atoms with E-state index in [1.54, 1.807) is 6.20 Å². The number of anilines is 1. The van der Waals surface area contributed by atoms with Gasteiger partial charge in [-0.25, -0.2) is 0 Å². The van der Waals surface area contributed by atoms with E-state index in [1.807, 2.05) is 12.1 Å². The number of nitrogens with two attached hydrogens (primary N) is 1. The lowest BCUT2D eigenvalue weighted by molar-refractivity contribution is 0.411.